The molecule has 5 unspecified atom stereocenters. The van der Waals surface area contributed by atoms with Gasteiger partial charge in [-0.15, -0.1) is 0 Å². The number of hydrogen-bond acceptors (Lipinski definition) is 8. The molecule has 2 aromatic carbocycles. The van der Waals surface area contributed by atoms with Gasteiger partial charge in [0.05, 0.1) is 18.8 Å². The number of nitrogens with zero attached hydrogens (tertiary/aromatic N) is 1. The van der Waals surface area contributed by atoms with Crippen LogP contribution < -0.4 is 20.9 Å². The van der Waals surface area contributed by atoms with Crippen molar-refractivity contribution in [3.63, 3.8) is 0 Å². The standard InChI is InChI=1S/C29H35FN3O8P/c1-18(2)39-26(35)20(4)32-42(37,41-23-12-10-22(11-13-23)21-8-6-19(3)7-9-21)38-17-24-16-29(5,30)27(40-24)33-15-14-25(34)31-28(33)36/h6-15,18,20,24,27H,16-17H2,1-5H3,(H,32,37)(H,31,34,36). The van der Waals surface area contributed by atoms with Gasteiger partial charge in [0.2, 0.25) is 0 Å². The molecule has 13 heteroatoms. The molecule has 0 radical (unpaired) electrons. The highest BCUT2D eigenvalue weighted by Gasteiger charge is 2.48. The van der Waals surface area contributed by atoms with Crippen molar-refractivity contribution in [2.45, 2.75) is 71.2 Å². The van der Waals surface area contributed by atoms with E-state index in [1.165, 1.54) is 13.8 Å². The topological polar surface area (TPSA) is 138 Å². The number of halogens is 1. The molecule has 0 amide bonds. The minimum atomic E-state index is -4.26. The minimum Gasteiger partial charge on any atom is -0.462 e. The van der Waals surface area contributed by atoms with Gasteiger partial charge in [-0.2, -0.15) is 5.09 Å². The molecule has 1 aliphatic rings. The number of aryl methyl sites for hydroxylation is 1. The van der Waals surface area contributed by atoms with Gasteiger partial charge in [-0.3, -0.25) is 23.7 Å². The van der Waals surface area contributed by atoms with Crippen molar-refractivity contribution < 1.29 is 32.3 Å². The summed E-state index contributed by atoms with van der Waals surface area (Å²) in [7, 11) is -4.26. The van der Waals surface area contributed by atoms with E-state index in [4.69, 9.17) is 18.5 Å². The molecule has 42 heavy (non-hydrogen) atoms. The maximum atomic E-state index is 15.5. The lowest BCUT2D eigenvalue weighted by Gasteiger charge is -2.24. The average molecular weight is 604 g/mol. The third-order valence-electron chi connectivity index (χ3n) is 6.52. The normalized spacial score (nSPS) is 22.5. The lowest BCUT2D eigenvalue weighted by Crippen LogP contribution is -2.38. The van der Waals surface area contributed by atoms with Crippen LogP contribution in [0.2, 0.25) is 0 Å². The molecule has 0 saturated carbocycles. The van der Waals surface area contributed by atoms with Crippen LogP contribution in [0.3, 0.4) is 0 Å². The Kier molecular flexibility index (Phi) is 9.52. The molecule has 1 aromatic heterocycles. The highest BCUT2D eigenvalue weighted by Crippen LogP contribution is 2.47. The van der Waals surface area contributed by atoms with Crippen LogP contribution in [-0.4, -0.2) is 46.0 Å². The van der Waals surface area contributed by atoms with Gasteiger partial charge in [-0.05, 0) is 57.9 Å². The summed E-state index contributed by atoms with van der Waals surface area (Å²) in [6.45, 7) is 7.67. The van der Waals surface area contributed by atoms with Crippen molar-refractivity contribution >= 4 is 13.7 Å². The summed E-state index contributed by atoms with van der Waals surface area (Å²) in [4.78, 5) is 38.2. The van der Waals surface area contributed by atoms with E-state index in [0.717, 1.165) is 33.5 Å². The molecule has 1 aliphatic heterocycles. The van der Waals surface area contributed by atoms with Crippen LogP contribution in [0.4, 0.5) is 4.39 Å². The second-order valence-electron chi connectivity index (χ2n) is 10.7. The zero-order valence-electron chi connectivity index (χ0n) is 24.0. The molecule has 5 atom stereocenters. The Balaban J connectivity index is 1.51. The first-order chi connectivity index (χ1) is 19.7. The van der Waals surface area contributed by atoms with Gasteiger partial charge in [-0.1, -0.05) is 42.0 Å². The molecule has 2 N–H and O–H groups in total. The van der Waals surface area contributed by atoms with Gasteiger partial charge in [0.25, 0.3) is 5.56 Å². The SMILES string of the molecule is Cc1ccc(-c2ccc(OP(=O)(NC(C)C(=O)OC(C)C)OCC3CC(C)(F)C(n4ccc(=O)[nH]c4=O)O3)cc2)cc1. The Morgan fingerprint density at radius 1 is 1.12 bits per heavy atom. The zero-order valence-corrected chi connectivity index (χ0v) is 24.9. The molecule has 3 aromatic rings. The highest BCUT2D eigenvalue weighted by atomic mass is 31.2. The Labute approximate surface area is 242 Å². The molecule has 0 spiro atoms. The Hall–Kier alpha value is -3.57. The number of H-pyrrole nitrogens is 1. The molecule has 11 nitrogen and oxygen atoms in total. The van der Waals surface area contributed by atoms with Gasteiger partial charge in [0, 0.05) is 18.7 Å². The smallest absolute Gasteiger partial charge is 0.459 e. The number of rotatable bonds is 11. The lowest BCUT2D eigenvalue weighted by molar-refractivity contribution is -0.149. The quantitative estimate of drug-likeness (QED) is 0.237. The first-order valence-electron chi connectivity index (χ1n) is 13.5. The van der Waals surface area contributed by atoms with Gasteiger partial charge in [0.15, 0.2) is 11.9 Å². The summed E-state index contributed by atoms with van der Waals surface area (Å²) < 4.78 is 52.8. The molecular formula is C29H35FN3O8P. The molecule has 1 saturated heterocycles. The zero-order chi connectivity index (χ0) is 30.7. The number of carbonyl (C=O) groups excluding carboxylic acids is 1. The molecular weight excluding hydrogens is 568 g/mol. The van der Waals surface area contributed by atoms with Crippen LogP contribution in [0.5, 0.6) is 5.75 Å². The van der Waals surface area contributed by atoms with Crippen LogP contribution in [0.1, 0.15) is 45.9 Å². The van der Waals surface area contributed by atoms with E-state index in [0.29, 0.717) is 0 Å². The Bertz CT molecular complexity index is 1550. The van der Waals surface area contributed by atoms with E-state index in [9.17, 15) is 18.9 Å². The van der Waals surface area contributed by atoms with Crippen molar-refractivity contribution in [1.82, 2.24) is 14.6 Å². The van der Waals surface area contributed by atoms with E-state index in [1.807, 2.05) is 31.2 Å². The summed E-state index contributed by atoms with van der Waals surface area (Å²) in [5, 5.41) is 2.59. The summed E-state index contributed by atoms with van der Waals surface area (Å²) in [5.74, 6) is -0.468. The Morgan fingerprint density at radius 2 is 1.74 bits per heavy atom. The summed E-state index contributed by atoms with van der Waals surface area (Å²) in [5.41, 5.74) is -0.460. The fourth-order valence-corrected chi connectivity index (χ4v) is 5.99. The predicted octanol–water partition coefficient (Wildman–Crippen LogP) is 4.66. The molecule has 0 aliphatic carbocycles. The molecule has 2 heterocycles. The number of aromatic amines is 1. The Morgan fingerprint density at radius 3 is 2.33 bits per heavy atom. The van der Waals surface area contributed by atoms with Crippen LogP contribution in [0.15, 0.2) is 70.4 Å². The number of hydrogen-bond donors (Lipinski definition) is 2. The van der Waals surface area contributed by atoms with Crippen molar-refractivity contribution in [2.24, 2.45) is 0 Å². The van der Waals surface area contributed by atoms with Crippen molar-refractivity contribution in [3.8, 4) is 16.9 Å². The molecule has 4 rings (SSSR count). The van der Waals surface area contributed by atoms with Gasteiger partial charge in [0.1, 0.15) is 11.8 Å². The maximum Gasteiger partial charge on any atom is 0.459 e. The first-order valence-corrected chi connectivity index (χ1v) is 15.0. The van der Waals surface area contributed by atoms with Gasteiger partial charge < -0.3 is 14.0 Å². The van der Waals surface area contributed by atoms with Crippen molar-refractivity contribution in [3.05, 3.63) is 87.2 Å². The highest BCUT2D eigenvalue weighted by molar-refractivity contribution is 7.52. The minimum absolute atomic E-state index is 0.200. The van der Waals surface area contributed by atoms with E-state index >= 15 is 4.39 Å². The van der Waals surface area contributed by atoms with Crippen LogP contribution in [-0.2, 0) is 23.4 Å². The number of aromatic nitrogens is 2. The fourth-order valence-electron chi connectivity index (χ4n) is 4.47. The van der Waals surface area contributed by atoms with Crippen LogP contribution in [0.25, 0.3) is 11.1 Å². The number of carbonyl (C=O) groups is 1. The number of alkyl halides is 1. The lowest BCUT2D eigenvalue weighted by atomic mass is 10.0. The average Bonchev–Trinajstić information content (AvgIpc) is 3.22. The predicted molar refractivity (Wildman–Crippen MR) is 154 cm³/mol. The second kappa shape index (κ2) is 12.7. The summed E-state index contributed by atoms with van der Waals surface area (Å²) in [6.07, 6.45) is -1.77. The van der Waals surface area contributed by atoms with Crippen LogP contribution >= 0.6 is 7.75 Å². The summed E-state index contributed by atoms with van der Waals surface area (Å²) in [6, 6.07) is 14.8. The summed E-state index contributed by atoms with van der Waals surface area (Å²) >= 11 is 0. The number of nitrogens with one attached hydrogen (secondary N) is 2. The molecule has 226 valence electrons. The first kappa shape index (κ1) is 31.4. The van der Waals surface area contributed by atoms with Crippen LogP contribution in [0, 0.1) is 6.92 Å². The second-order valence-corrected chi connectivity index (χ2v) is 12.4. The third-order valence-corrected chi connectivity index (χ3v) is 8.16. The van der Waals surface area contributed by atoms with Gasteiger partial charge in [-0.25, -0.2) is 13.8 Å². The largest absolute Gasteiger partial charge is 0.462 e. The number of esters is 1. The van der Waals surface area contributed by atoms with Crippen molar-refractivity contribution in [1.29, 1.82) is 0 Å². The number of benzene rings is 2. The van der Waals surface area contributed by atoms with Crippen molar-refractivity contribution in [2.75, 3.05) is 6.61 Å². The third kappa shape index (κ3) is 7.83. The fraction of sp³-hybridized carbons (Fsp3) is 0.414. The van der Waals surface area contributed by atoms with E-state index < -0.39 is 61.7 Å². The molecule has 1 fully saturated rings. The molecule has 0 bridgehead atoms. The maximum absolute atomic E-state index is 15.5. The van der Waals surface area contributed by atoms with E-state index in [2.05, 4.69) is 10.1 Å². The van der Waals surface area contributed by atoms with E-state index in [1.54, 1.807) is 38.1 Å². The monoisotopic (exact) mass is 603 g/mol. The number of ether oxygens (including phenoxy) is 2. The van der Waals surface area contributed by atoms with Gasteiger partial charge >= 0.3 is 19.4 Å². The van der Waals surface area contributed by atoms with E-state index in [-0.39, 0.29) is 12.2 Å².